The van der Waals surface area contributed by atoms with Gasteiger partial charge in [0.05, 0.1) is 12.9 Å². The summed E-state index contributed by atoms with van der Waals surface area (Å²) in [7, 11) is -1.58. The molecule has 0 spiro atoms. The van der Waals surface area contributed by atoms with E-state index in [0.717, 1.165) is 5.01 Å². The third kappa shape index (κ3) is 4.86. The molecule has 0 atom stereocenters. The summed E-state index contributed by atoms with van der Waals surface area (Å²) in [6, 6.07) is 7.04. The molecule has 2 heterocycles. The van der Waals surface area contributed by atoms with E-state index in [-0.39, 0.29) is 17.6 Å². The molecular formula is C18H24N4O4S2. The van der Waals surface area contributed by atoms with Gasteiger partial charge >= 0.3 is 0 Å². The first-order chi connectivity index (χ1) is 13.4. The van der Waals surface area contributed by atoms with Crippen molar-refractivity contribution in [3.63, 3.8) is 0 Å². The molecule has 8 nitrogen and oxygen atoms in total. The van der Waals surface area contributed by atoms with Gasteiger partial charge in [-0.1, -0.05) is 18.3 Å². The van der Waals surface area contributed by atoms with Crippen molar-refractivity contribution >= 4 is 33.0 Å². The Morgan fingerprint density at radius 1 is 1.25 bits per heavy atom. The fourth-order valence-electron chi connectivity index (χ4n) is 3.12. The number of benzene rings is 1. The molecule has 1 aliphatic rings. The van der Waals surface area contributed by atoms with Crippen molar-refractivity contribution < 1.29 is 17.9 Å². The maximum absolute atomic E-state index is 12.4. The molecule has 10 heteroatoms. The topological polar surface area (TPSA) is 101 Å². The summed E-state index contributed by atoms with van der Waals surface area (Å²) in [5.74, 6) is 0.722. The predicted molar refractivity (Wildman–Crippen MR) is 108 cm³/mol. The molecule has 1 saturated heterocycles. The first-order valence-electron chi connectivity index (χ1n) is 9.19. The van der Waals surface area contributed by atoms with Crippen LogP contribution >= 0.6 is 11.3 Å². The number of hydrogen-bond donors (Lipinski definition) is 1. The second kappa shape index (κ2) is 8.97. The lowest BCUT2D eigenvalue weighted by Gasteiger charge is -2.29. The molecule has 0 saturated carbocycles. The molecular weight excluding hydrogens is 400 g/mol. The van der Waals surface area contributed by atoms with Gasteiger partial charge in [0.1, 0.15) is 10.8 Å². The van der Waals surface area contributed by atoms with Crippen LogP contribution < -0.4 is 10.1 Å². The monoisotopic (exact) mass is 424 g/mol. The fraction of sp³-hybridized carbons (Fsp3) is 0.500. The first-order valence-corrected chi connectivity index (χ1v) is 11.6. The quantitative estimate of drug-likeness (QED) is 0.733. The van der Waals surface area contributed by atoms with Crippen molar-refractivity contribution in [1.29, 1.82) is 0 Å². The zero-order chi connectivity index (χ0) is 20.1. The Morgan fingerprint density at radius 2 is 1.93 bits per heavy atom. The predicted octanol–water partition coefficient (Wildman–Crippen LogP) is 2.72. The lowest BCUT2D eigenvalue weighted by atomic mass is 9.99. The molecule has 1 aromatic carbocycles. The second-order valence-corrected chi connectivity index (χ2v) is 9.71. The van der Waals surface area contributed by atoms with E-state index in [0.29, 0.717) is 48.8 Å². The average Bonchev–Trinajstić information content (AvgIpc) is 3.19. The smallest absolute Gasteiger partial charge is 0.286 e. The van der Waals surface area contributed by atoms with Gasteiger partial charge in [0.2, 0.25) is 15.0 Å². The molecule has 1 aliphatic heterocycles. The zero-order valence-corrected chi connectivity index (χ0v) is 17.6. The molecule has 1 N–H and O–H groups in total. The summed E-state index contributed by atoms with van der Waals surface area (Å²) in [4.78, 5) is 12.4. The molecule has 28 heavy (non-hydrogen) atoms. The Morgan fingerprint density at radius 3 is 2.54 bits per heavy atom. The van der Waals surface area contributed by atoms with Gasteiger partial charge in [-0.25, -0.2) is 12.7 Å². The fourth-order valence-corrected chi connectivity index (χ4v) is 5.57. The van der Waals surface area contributed by atoms with Crippen molar-refractivity contribution in [2.75, 3.05) is 31.3 Å². The minimum atomic E-state index is -3.16. The van der Waals surface area contributed by atoms with E-state index in [4.69, 9.17) is 4.74 Å². The van der Waals surface area contributed by atoms with Gasteiger partial charge in [-0.3, -0.25) is 4.79 Å². The summed E-state index contributed by atoms with van der Waals surface area (Å²) in [5, 5.41) is 12.1. The highest BCUT2D eigenvalue weighted by molar-refractivity contribution is 7.89. The van der Waals surface area contributed by atoms with Crippen LogP contribution in [0.3, 0.4) is 0 Å². The Balaban J connectivity index is 1.59. The molecule has 3 rings (SSSR count). The minimum Gasteiger partial charge on any atom is -0.497 e. The highest BCUT2D eigenvalue weighted by atomic mass is 32.2. The SMILES string of the molecule is CCCS(=O)(=O)N1CCC(c2nnc(C(=O)Nc3ccc(OC)cc3)s2)CC1. The third-order valence-corrected chi connectivity index (χ3v) is 7.80. The number of anilines is 1. The number of methoxy groups -OCH3 is 1. The van der Waals surface area contributed by atoms with Crippen molar-refractivity contribution in [2.24, 2.45) is 0 Å². The summed E-state index contributed by atoms with van der Waals surface area (Å²) in [6.07, 6.45) is 2.00. The van der Waals surface area contributed by atoms with Crippen LogP contribution in [0, 0.1) is 0 Å². The molecule has 0 aliphatic carbocycles. The number of carbonyl (C=O) groups is 1. The Kier molecular flexibility index (Phi) is 6.63. The number of sulfonamides is 1. The number of piperidine rings is 1. The van der Waals surface area contributed by atoms with Crippen molar-refractivity contribution in [2.45, 2.75) is 32.1 Å². The van der Waals surface area contributed by atoms with E-state index in [9.17, 15) is 13.2 Å². The lowest BCUT2D eigenvalue weighted by Crippen LogP contribution is -2.39. The minimum absolute atomic E-state index is 0.133. The molecule has 1 aromatic heterocycles. The average molecular weight is 425 g/mol. The van der Waals surface area contributed by atoms with Gasteiger partial charge < -0.3 is 10.1 Å². The Hall–Kier alpha value is -2.04. The molecule has 1 fully saturated rings. The zero-order valence-electron chi connectivity index (χ0n) is 15.9. The lowest BCUT2D eigenvalue weighted by molar-refractivity contribution is 0.102. The van der Waals surface area contributed by atoms with Crippen LogP contribution in [0.5, 0.6) is 5.75 Å². The van der Waals surface area contributed by atoms with Crippen LogP contribution in [0.15, 0.2) is 24.3 Å². The molecule has 1 amide bonds. The Labute approximate surface area is 169 Å². The van der Waals surface area contributed by atoms with Gasteiger partial charge in [0.25, 0.3) is 5.91 Å². The van der Waals surface area contributed by atoms with E-state index in [1.165, 1.54) is 11.3 Å². The van der Waals surface area contributed by atoms with Crippen LogP contribution in [0.25, 0.3) is 0 Å². The summed E-state index contributed by atoms with van der Waals surface area (Å²) >= 11 is 1.27. The standard InChI is InChI=1S/C18H24N4O4S2/c1-3-12-28(24,25)22-10-8-13(9-11-22)17-20-21-18(27-17)16(23)19-14-4-6-15(26-2)7-5-14/h4-7,13H,3,8-12H2,1-2H3,(H,19,23). The summed E-state index contributed by atoms with van der Waals surface area (Å²) in [6.45, 7) is 2.84. The highest BCUT2D eigenvalue weighted by Crippen LogP contribution is 2.31. The molecule has 152 valence electrons. The summed E-state index contributed by atoms with van der Waals surface area (Å²) < 4.78 is 31.0. The van der Waals surface area contributed by atoms with E-state index in [2.05, 4.69) is 15.5 Å². The number of amides is 1. The van der Waals surface area contributed by atoms with E-state index < -0.39 is 10.0 Å². The largest absolute Gasteiger partial charge is 0.497 e. The van der Waals surface area contributed by atoms with Crippen molar-refractivity contribution in [3.8, 4) is 5.75 Å². The van der Waals surface area contributed by atoms with Crippen LogP contribution in [-0.2, 0) is 10.0 Å². The molecule has 0 unspecified atom stereocenters. The van der Waals surface area contributed by atoms with Crippen LogP contribution in [0.4, 0.5) is 5.69 Å². The van der Waals surface area contributed by atoms with Gasteiger partial charge in [-0.05, 0) is 43.5 Å². The van der Waals surface area contributed by atoms with Crippen molar-refractivity contribution in [3.05, 3.63) is 34.3 Å². The van der Waals surface area contributed by atoms with Crippen LogP contribution in [0.2, 0.25) is 0 Å². The summed E-state index contributed by atoms with van der Waals surface area (Å²) in [5.41, 5.74) is 0.650. The molecule has 0 bridgehead atoms. The number of nitrogens with one attached hydrogen (secondary N) is 1. The number of aromatic nitrogens is 2. The molecule has 2 aromatic rings. The number of rotatable bonds is 7. The number of nitrogens with zero attached hydrogens (tertiary/aromatic N) is 3. The van der Waals surface area contributed by atoms with Gasteiger partial charge in [0, 0.05) is 24.7 Å². The van der Waals surface area contributed by atoms with E-state index in [1.807, 2.05) is 6.92 Å². The van der Waals surface area contributed by atoms with Crippen LogP contribution in [-0.4, -0.2) is 54.8 Å². The van der Waals surface area contributed by atoms with Crippen LogP contribution in [0.1, 0.15) is 46.9 Å². The normalized spacial score (nSPS) is 16.1. The van der Waals surface area contributed by atoms with Gasteiger partial charge in [-0.2, -0.15) is 0 Å². The molecule has 0 radical (unpaired) electrons. The first kappa shape index (κ1) is 20.7. The second-order valence-electron chi connectivity index (χ2n) is 6.62. The van der Waals surface area contributed by atoms with Gasteiger partial charge in [0.15, 0.2) is 0 Å². The highest BCUT2D eigenvalue weighted by Gasteiger charge is 2.30. The number of hydrogen-bond acceptors (Lipinski definition) is 7. The van der Waals surface area contributed by atoms with Crippen molar-refractivity contribution in [1.82, 2.24) is 14.5 Å². The third-order valence-electron chi connectivity index (χ3n) is 4.64. The maximum Gasteiger partial charge on any atom is 0.286 e. The number of ether oxygens (including phenoxy) is 1. The Bertz CT molecular complexity index is 904. The van der Waals surface area contributed by atoms with E-state index >= 15 is 0 Å². The maximum atomic E-state index is 12.4. The number of carbonyl (C=O) groups excluding carboxylic acids is 1. The van der Waals surface area contributed by atoms with E-state index in [1.54, 1.807) is 35.7 Å². The van der Waals surface area contributed by atoms with Gasteiger partial charge in [-0.15, -0.1) is 10.2 Å².